The number of hydrogen-bond donors (Lipinski definition) is 1. The number of nitrogens with one attached hydrogen (secondary N) is 2. The van der Waals surface area contributed by atoms with Crippen LogP contribution in [0.5, 0.6) is 0 Å². The number of fused-ring (bicyclic) bond motifs is 1. The molecule has 0 aliphatic carbocycles. The van der Waals surface area contributed by atoms with E-state index >= 15 is 0 Å². The summed E-state index contributed by atoms with van der Waals surface area (Å²) in [5, 5.41) is 0.582. The first-order valence-corrected chi connectivity index (χ1v) is 8.43. The zero-order valence-electron chi connectivity index (χ0n) is 10.7. The molecule has 0 saturated carbocycles. The third-order valence-electron chi connectivity index (χ3n) is 2.83. The van der Waals surface area contributed by atoms with Crippen LogP contribution >= 0.6 is 23.2 Å². The summed E-state index contributed by atoms with van der Waals surface area (Å²) in [4.78, 5) is 13.9. The van der Waals surface area contributed by atoms with E-state index in [1.165, 1.54) is 0 Å². The fraction of sp³-hybridized carbons (Fsp3) is 0.0833. The van der Waals surface area contributed by atoms with Crippen LogP contribution in [0.4, 0.5) is 0 Å². The van der Waals surface area contributed by atoms with Crippen molar-refractivity contribution in [3.8, 4) is 11.3 Å². The Morgan fingerprint density at radius 2 is 2.00 bits per heavy atom. The molecule has 0 atom stereocenters. The molecule has 1 aromatic carbocycles. The van der Waals surface area contributed by atoms with E-state index in [-0.39, 0.29) is 5.16 Å². The largest absolute Gasteiger partial charge is 0.322 e. The molecule has 9 heteroatoms. The van der Waals surface area contributed by atoms with Gasteiger partial charge in [-0.05, 0) is 18.2 Å². The number of benzene rings is 1. The summed E-state index contributed by atoms with van der Waals surface area (Å²) >= 11 is 12.1. The molecule has 0 fully saturated rings. The highest BCUT2D eigenvalue weighted by molar-refractivity contribution is 7.90. The van der Waals surface area contributed by atoms with Gasteiger partial charge in [-0.3, -0.25) is 4.98 Å². The Bertz CT molecular complexity index is 953. The van der Waals surface area contributed by atoms with Crippen LogP contribution in [0.15, 0.2) is 29.7 Å². The maximum atomic E-state index is 11.7. The first-order valence-electron chi connectivity index (χ1n) is 5.78. The van der Waals surface area contributed by atoms with Gasteiger partial charge >= 0.3 is 10.8 Å². The lowest BCUT2D eigenvalue weighted by Crippen LogP contribution is -2.08. The van der Waals surface area contributed by atoms with Crippen LogP contribution in [0, 0.1) is 0 Å². The fourth-order valence-corrected chi connectivity index (χ4v) is 2.91. The van der Waals surface area contributed by atoms with Gasteiger partial charge in [-0.15, -0.1) is 0 Å². The summed E-state index contributed by atoms with van der Waals surface area (Å²) in [6.07, 6.45) is 2.59. The lowest BCUT2D eigenvalue weighted by atomic mass is 10.1. The smallest absolute Gasteiger partial charge is 0.272 e. The number of imidazole rings is 1. The van der Waals surface area contributed by atoms with Crippen molar-refractivity contribution in [1.29, 1.82) is 0 Å². The van der Waals surface area contributed by atoms with Crippen molar-refractivity contribution in [2.24, 2.45) is 0 Å². The molecule has 0 aliphatic heterocycles. The van der Waals surface area contributed by atoms with E-state index in [2.05, 4.69) is 19.9 Å². The van der Waals surface area contributed by atoms with Crippen molar-refractivity contribution in [3.63, 3.8) is 0 Å². The predicted molar refractivity (Wildman–Crippen MR) is 79.0 cm³/mol. The topological polar surface area (TPSA) is 89.9 Å². The maximum Gasteiger partial charge on any atom is 0.322 e. The number of hydrogen-bond acceptors (Lipinski definition) is 4. The maximum absolute atomic E-state index is 11.7. The number of rotatable bonds is 2. The summed E-state index contributed by atoms with van der Waals surface area (Å²) in [5.74, 6) is 0. The van der Waals surface area contributed by atoms with Crippen LogP contribution in [-0.4, -0.2) is 29.6 Å². The van der Waals surface area contributed by atoms with Gasteiger partial charge < -0.3 is 0 Å². The average Bonchev–Trinajstić information content (AvgIpc) is 2.85. The van der Waals surface area contributed by atoms with Crippen molar-refractivity contribution in [3.05, 3.63) is 34.6 Å². The minimum Gasteiger partial charge on any atom is -0.272 e. The standard InChI is InChI=1S/C12H8Cl2N4O2S/c1-21(19,20)12-17-9(10-11(18-12)16-5-15-10)7-3-2-6(13)4-8(7)14/h2-5H,1H3,(H,15,16,17,18)/p+1. The van der Waals surface area contributed by atoms with E-state index in [0.717, 1.165) is 6.26 Å². The Morgan fingerprint density at radius 1 is 1.24 bits per heavy atom. The number of halogens is 2. The van der Waals surface area contributed by atoms with Crippen molar-refractivity contribution < 1.29 is 13.4 Å². The number of aromatic amines is 2. The molecule has 2 N–H and O–H groups in total. The van der Waals surface area contributed by atoms with Gasteiger partial charge in [0.1, 0.15) is 5.69 Å². The van der Waals surface area contributed by atoms with Crippen LogP contribution in [0.3, 0.4) is 0 Å². The Balaban J connectivity index is 2.38. The van der Waals surface area contributed by atoms with Gasteiger partial charge in [-0.2, -0.15) is 4.98 Å². The molecule has 3 rings (SSSR count). The molecule has 0 amide bonds. The Morgan fingerprint density at radius 3 is 2.67 bits per heavy atom. The number of sulfone groups is 1. The van der Waals surface area contributed by atoms with Crippen LogP contribution in [-0.2, 0) is 9.84 Å². The normalized spacial score (nSPS) is 12.0. The van der Waals surface area contributed by atoms with Gasteiger partial charge in [0, 0.05) is 16.8 Å². The van der Waals surface area contributed by atoms with Crippen LogP contribution in [0.1, 0.15) is 0 Å². The van der Waals surface area contributed by atoms with Crippen molar-refractivity contribution in [2.45, 2.75) is 5.16 Å². The molecule has 0 unspecified atom stereocenters. The molecule has 21 heavy (non-hydrogen) atoms. The Kier molecular flexibility index (Phi) is 3.35. The molecule has 2 aromatic heterocycles. The summed E-state index contributed by atoms with van der Waals surface area (Å²) in [6.45, 7) is 0. The molecule has 6 nitrogen and oxygen atoms in total. The van der Waals surface area contributed by atoms with E-state index in [0.29, 0.717) is 32.5 Å². The van der Waals surface area contributed by atoms with Crippen molar-refractivity contribution in [2.75, 3.05) is 6.26 Å². The monoisotopic (exact) mass is 343 g/mol. The summed E-state index contributed by atoms with van der Waals surface area (Å²) in [5.41, 5.74) is 1.90. The number of aromatic nitrogens is 4. The van der Waals surface area contributed by atoms with Gasteiger partial charge in [-0.1, -0.05) is 28.2 Å². The molecule has 0 spiro atoms. The summed E-state index contributed by atoms with van der Waals surface area (Å²) < 4.78 is 23.4. The van der Waals surface area contributed by atoms with Gasteiger partial charge in [0.2, 0.25) is 9.84 Å². The molecule has 108 valence electrons. The van der Waals surface area contributed by atoms with Crippen LogP contribution < -0.4 is 4.98 Å². The van der Waals surface area contributed by atoms with E-state index in [1.54, 1.807) is 24.5 Å². The fourth-order valence-electron chi connectivity index (χ4n) is 1.90. The van der Waals surface area contributed by atoms with E-state index in [9.17, 15) is 8.42 Å². The molecule has 0 saturated heterocycles. The third-order valence-corrected chi connectivity index (χ3v) is 4.23. The van der Waals surface area contributed by atoms with Gasteiger partial charge in [-0.25, -0.2) is 13.4 Å². The minimum atomic E-state index is -3.55. The SMILES string of the molecule is CS(=O)(=O)c1nc(-c2ccc(Cl)cc2Cl)c2[nH]c[nH+]c2n1. The second-order valence-corrected chi connectivity index (χ2v) is 7.16. The zero-order chi connectivity index (χ0) is 15.2. The lowest BCUT2D eigenvalue weighted by molar-refractivity contribution is -0.347. The average molecular weight is 344 g/mol. The molecular weight excluding hydrogens is 335 g/mol. The number of nitrogens with zero attached hydrogens (tertiary/aromatic N) is 2. The summed E-state index contributed by atoms with van der Waals surface area (Å²) in [7, 11) is -3.55. The first-order chi connectivity index (χ1) is 9.86. The Hall–Kier alpha value is -1.70. The molecule has 3 aromatic rings. The first kappa shape index (κ1) is 14.2. The Labute approximate surface area is 130 Å². The lowest BCUT2D eigenvalue weighted by Gasteiger charge is -2.04. The molecule has 0 bridgehead atoms. The van der Waals surface area contributed by atoms with E-state index in [4.69, 9.17) is 23.2 Å². The quantitative estimate of drug-likeness (QED) is 0.721. The van der Waals surface area contributed by atoms with E-state index in [1.807, 2.05) is 0 Å². The second kappa shape index (κ2) is 4.94. The van der Waals surface area contributed by atoms with Gasteiger partial charge in [0.15, 0.2) is 11.8 Å². The second-order valence-electron chi connectivity index (χ2n) is 4.41. The highest BCUT2D eigenvalue weighted by Gasteiger charge is 2.24. The molecule has 0 radical (unpaired) electrons. The summed E-state index contributed by atoms with van der Waals surface area (Å²) in [6, 6.07) is 4.90. The van der Waals surface area contributed by atoms with Crippen LogP contribution in [0.2, 0.25) is 10.0 Å². The molecule has 0 aliphatic rings. The third kappa shape index (κ3) is 2.59. The van der Waals surface area contributed by atoms with E-state index < -0.39 is 9.84 Å². The zero-order valence-corrected chi connectivity index (χ0v) is 13.0. The molecule has 2 heterocycles. The van der Waals surface area contributed by atoms with Crippen molar-refractivity contribution >= 4 is 44.2 Å². The van der Waals surface area contributed by atoms with Crippen molar-refractivity contribution in [1.82, 2.24) is 15.0 Å². The minimum absolute atomic E-state index is 0.271. The highest BCUT2D eigenvalue weighted by Crippen LogP contribution is 2.32. The predicted octanol–water partition coefficient (Wildman–Crippen LogP) is 2.15. The van der Waals surface area contributed by atoms with Gasteiger partial charge in [0.25, 0.3) is 0 Å². The molecular formula is C12H9Cl2N4O2S+. The van der Waals surface area contributed by atoms with Crippen LogP contribution in [0.25, 0.3) is 22.4 Å². The highest BCUT2D eigenvalue weighted by atomic mass is 35.5. The number of H-pyrrole nitrogens is 2. The van der Waals surface area contributed by atoms with Gasteiger partial charge in [0.05, 0.1) is 5.02 Å².